The second-order valence-electron chi connectivity index (χ2n) is 3.14. The van der Waals surface area contributed by atoms with Crippen LogP contribution in [-0.2, 0) is 9.53 Å². The third kappa shape index (κ3) is 2.68. The van der Waals surface area contributed by atoms with Gasteiger partial charge in [0.2, 0.25) is 0 Å². The fraction of sp³-hybridized carbons (Fsp3) is 0.300. The molecule has 1 atom stereocenters. The van der Waals surface area contributed by atoms with E-state index in [2.05, 4.69) is 4.74 Å². The SMILES string of the molecule is COC(=O)C[C@@H](N)c1c(F)ccc(Cl)c1F. The Morgan fingerprint density at radius 3 is 2.75 bits per heavy atom. The summed E-state index contributed by atoms with van der Waals surface area (Å²) in [5.74, 6) is -2.43. The minimum atomic E-state index is -1.12. The molecule has 0 unspecified atom stereocenters. The molecule has 0 fully saturated rings. The highest BCUT2D eigenvalue weighted by Gasteiger charge is 2.21. The van der Waals surface area contributed by atoms with Gasteiger partial charge >= 0.3 is 5.97 Å². The van der Waals surface area contributed by atoms with Crippen molar-refractivity contribution in [2.24, 2.45) is 5.73 Å². The predicted molar refractivity (Wildman–Crippen MR) is 54.9 cm³/mol. The van der Waals surface area contributed by atoms with Crippen LogP contribution in [0.25, 0.3) is 0 Å². The van der Waals surface area contributed by atoms with Crippen molar-refractivity contribution < 1.29 is 18.3 Å². The maximum atomic E-state index is 13.5. The van der Waals surface area contributed by atoms with E-state index in [1.165, 1.54) is 7.11 Å². The molecular formula is C10H10ClF2NO2. The molecule has 0 amide bonds. The molecular weight excluding hydrogens is 240 g/mol. The molecule has 0 heterocycles. The van der Waals surface area contributed by atoms with Crippen LogP contribution in [0.4, 0.5) is 8.78 Å². The summed E-state index contributed by atoms with van der Waals surface area (Å²) in [6, 6.07) is 0.963. The Balaban J connectivity index is 3.03. The Morgan fingerprint density at radius 2 is 2.19 bits per heavy atom. The monoisotopic (exact) mass is 249 g/mol. The fourth-order valence-corrected chi connectivity index (χ4v) is 1.41. The summed E-state index contributed by atoms with van der Waals surface area (Å²) in [7, 11) is 1.17. The van der Waals surface area contributed by atoms with Gasteiger partial charge in [0.1, 0.15) is 11.6 Å². The normalized spacial score (nSPS) is 12.3. The van der Waals surface area contributed by atoms with Crippen LogP contribution < -0.4 is 5.73 Å². The predicted octanol–water partition coefficient (Wildman–Crippen LogP) is 2.18. The van der Waals surface area contributed by atoms with Crippen molar-refractivity contribution in [2.75, 3.05) is 7.11 Å². The van der Waals surface area contributed by atoms with Crippen molar-refractivity contribution in [1.82, 2.24) is 0 Å². The minimum Gasteiger partial charge on any atom is -0.469 e. The van der Waals surface area contributed by atoms with Crippen LogP contribution in [0.15, 0.2) is 12.1 Å². The molecule has 0 bridgehead atoms. The van der Waals surface area contributed by atoms with Gasteiger partial charge in [-0.2, -0.15) is 0 Å². The summed E-state index contributed by atoms with van der Waals surface area (Å²) in [6.07, 6.45) is -0.315. The number of carbonyl (C=O) groups is 1. The van der Waals surface area contributed by atoms with Crippen LogP contribution in [0.2, 0.25) is 5.02 Å². The quantitative estimate of drug-likeness (QED) is 0.660. The Morgan fingerprint density at radius 1 is 1.56 bits per heavy atom. The zero-order valence-corrected chi connectivity index (χ0v) is 9.22. The van der Waals surface area contributed by atoms with E-state index in [1.54, 1.807) is 0 Å². The highest BCUT2D eigenvalue weighted by molar-refractivity contribution is 6.30. The van der Waals surface area contributed by atoms with Crippen molar-refractivity contribution in [1.29, 1.82) is 0 Å². The van der Waals surface area contributed by atoms with Gasteiger partial charge in [-0.25, -0.2) is 8.78 Å². The van der Waals surface area contributed by atoms with Gasteiger partial charge in [0.25, 0.3) is 0 Å². The van der Waals surface area contributed by atoms with Gasteiger partial charge in [0.05, 0.1) is 18.6 Å². The summed E-state index contributed by atoms with van der Waals surface area (Å²) >= 11 is 5.49. The maximum absolute atomic E-state index is 13.5. The number of esters is 1. The van der Waals surface area contributed by atoms with Gasteiger partial charge < -0.3 is 10.5 Å². The molecule has 3 nitrogen and oxygen atoms in total. The summed E-state index contributed by atoms with van der Waals surface area (Å²) in [5.41, 5.74) is 5.10. The average Bonchev–Trinajstić information content (AvgIpc) is 2.24. The number of benzene rings is 1. The summed E-state index contributed by atoms with van der Waals surface area (Å²) in [6.45, 7) is 0. The van der Waals surface area contributed by atoms with Crippen molar-refractivity contribution in [3.8, 4) is 0 Å². The topological polar surface area (TPSA) is 52.3 Å². The van der Waals surface area contributed by atoms with Gasteiger partial charge in [0.15, 0.2) is 0 Å². The molecule has 16 heavy (non-hydrogen) atoms. The Kier molecular flexibility index (Phi) is 4.20. The number of hydrogen-bond acceptors (Lipinski definition) is 3. The Hall–Kier alpha value is -1.20. The largest absolute Gasteiger partial charge is 0.469 e. The molecule has 0 aromatic heterocycles. The molecule has 88 valence electrons. The van der Waals surface area contributed by atoms with Crippen molar-refractivity contribution in [3.63, 3.8) is 0 Å². The Labute approximate surface area is 96.1 Å². The summed E-state index contributed by atoms with van der Waals surface area (Å²) in [4.78, 5) is 10.9. The van der Waals surface area contributed by atoms with E-state index in [0.29, 0.717) is 0 Å². The van der Waals surface area contributed by atoms with Gasteiger partial charge in [-0.15, -0.1) is 0 Å². The first-order chi connectivity index (χ1) is 7.47. The number of nitrogens with two attached hydrogens (primary N) is 1. The molecule has 6 heteroatoms. The van der Waals surface area contributed by atoms with E-state index in [-0.39, 0.29) is 11.4 Å². The first kappa shape index (κ1) is 12.9. The summed E-state index contributed by atoms with van der Waals surface area (Å²) in [5, 5.41) is -0.239. The molecule has 0 aliphatic heterocycles. The third-order valence-electron chi connectivity index (χ3n) is 2.06. The average molecular weight is 250 g/mol. The van der Waals surface area contributed by atoms with Crippen LogP contribution in [0, 0.1) is 11.6 Å². The zero-order chi connectivity index (χ0) is 12.3. The molecule has 0 saturated heterocycles. The van der Waals surface area contributed by atoms with E-state index in [0.717, 1.165) is 12.1 Å². The summed E-state index contributed by atoms with van der Waals surface area (Å²) < 4.78 is 31.1. The number of methoxy groups -OCH3 is 1. The molecule has 0 spiro atoms. The minimum absolute atomic E-state index is 0.239. The highest BCUT2D eigenvalue weighted by Crippen LogP contribution is 2.26. The number of hydrogen-bond donors (Lipinski definition) is 1. The molecule has 0 aliphatic carbocycles. The fourth-order valence-electron chi connectivity index (χ4n) is 1.25. The second-order valence-corrected chi connectivity index (χ2v) is 3.55. The molecule has 2 N–H and O–H groups in total. The standard InChI is InChI=1S/C10H10ClF2NO2/c1-16-8(15)4-7(14)9-6(12)3-2-5(11)10(9)13/h2-3,7H,4,14H2,1H3/t7-/m1/s1. The first-order valence-electron chi connectivity index (χ1n) is 4.43. The number of rotatable bonds is 3. The molecule has 1 rings (SSSR count). The van der Waals surface area contributed by atoms with Crippen LogP contribution in [0.3, 0.4) is 0 Å². The lowest BCUT2D eigenvalue weighted by Gasteiger charge is -2.13. The lowest BCUT2D eigenvalue weighted by molar-refractivity contribution is -0.141. The highest BCUT2D eigenvalue weighted by atomic mass is 35.5. The third-order valence-corrected chi connectivity index (χ3v) is 2.36. The lowest BCUT2D eigenvalue weighted by Crippen LogP contribution is -2.19. The van der Waals surface area contributed by atoms with Crippen LogP contribution in [0.1, 0.15) is 18.0 Å². The van der Waals surface area contributed by atoms with E-state index in [9.17, 15) is 13.6 Å². The second kappa shape index (κ2) is 5.23. The molecule has 1 aromatic carbocycles. The number of ether oxygens (including phenoxy) is 1. The van der Waals surface area contributed by atoms with E-state index < -0.39 is 29.2 Å². The lowest BCUT2D eigenvalue weighted by atomic mass is 10.0. The van der Waals surface area contributed by atoms with E-state index in [1.807, 2.05) is 0 Å². The molecule has 0 saturated carbocycles. The van der Waals surface area contributed by atoms with Crippen LogP contribution >= 0.6 is 11.6 Å². The van der Waals surface area contributed by atoms with Crippen molar-refractivity contribution in [3.05, 3.63) is 34.4 Å². The number of halogens is 3. The molecule has 0 aliphatic rings. The Bertz CT molecular complexity index is 412. The van der Waals surface area contributed by atoms with Gasteiger partial charge in [-0.3, -0.25) is 4.79 Å². The van der Waals surface area contributed by atoms with E-state index >= 15 is 0 Å². The van der Waals surface area contributed by atoms with E-state index in [4.69, 9.17) is 17.3 Å². The molecule has 1 aromatic rings. The van der Waals surface area contributed by atoms with Crippen molar-refractivity contribution >= 4 is 17.6 Å². The zero-order valence-electron chi connectivity index (χ0n) is 8.47. The molecule has 0 radical (unpaired) electrons. The van der Waals surface area contributed by atoms with Gasteiger partial charge in [0, 0.05) is 11.6 Å². The van der Waals surface area contributed by atoms with Gasteiger partial charge in [-0.05, 0) is 12.1 Å². The first-order valence-corrected chi connectivity index (χ1v) is 4.81. The van der Waals surface area contributed by atoms with Crippen LogP contribution in [-0.4, -0.2) is 13.1 Å². The number of carbonyl (C=O) groups excluding carboxylic acids is 1. The maximum Gasteiger partial charge on any atom is 0.307 e. The smallest absolute Gasteiger partial charge is 0.307 e. The van der Waals surface area contributed by atoms with Gasteiger partial charge in [-0.1, -0.05) is 11.6 Å². The van der Waals surface area contributed by atoms with Crippen molar-refractivity contribution in [2.45, 2.75) is 12.5 Å². The van der Waals surface area contributed by atoms with Crippen LogP contribution in [0.5, 0.6) is 0 Å².